The molecule has 154 valence electrons. The number of benzene rings is 2. The van der Waals surface area contributed by atoms with Crippen LogP contribution < -0.4 is 9.47 Å². The molecule has 0 bridgehead atoms. The van der Waals surface area contributed by atoms with Gasteiger partial charge in [-0.1, -0.05) is 30.3 Å². The fourth-order valence-corrected chi connectivity index (χ4v) is 4.68. The first-order chi connectivity index (χ1) is 15.3. The number of fused-ring (bicyclic) bond motifs is 4. The molecule has 0 aliphatic carbocycles. The quantitative estimate of drug-likeness (QED) is 0.553. The van der Waals surface area contributed by atoms with E-state index in [9.17, 15) is 4.79 Å². The number of carbonyl (C=O) groups is 1. The number of nitrogens with zero attached hydrogens (tertiary/aromatic N) is 2. The Labute approximate surface area is 179 Å². The Balaban J connectivity index is 1.38. The van der Waals surface area contributed by atoms with Crippen LogP contribution in [0.5, 0.6) is 11.5 Å². The third-order valence-electron chi connectivity index (χ3n) is 6.12. The van der Waals surface area contributed by atoms with Gasteiger partial charge in [-0.05, 0) is 47.9 Å². The van der Waals surface area contributed by atoms with Crippen LogP contribution >= 0.6 is 0 Å². The molecule has 6 heteroatoms. The van der Waals surface area contributed by atoms with Gasteiger partial charge in [0.2, 0.25) is 12.7 Å². The summed E-state index contributed by atoms with van der Waals surface area (Å²) in [5, 5.41) is 1.22. The van der Waals surface area contributed by atoms with Crippen molar-refractivity contribution in [3.05, 3.63) is 89.4 Å². The van der Waals surface area contributed by atoms with Gasteiger partial charge in [-0.2, -0.15) is 0 Å². The Kier molecular flexibility index (Phi) is 4.16. The molecule has 2 aliphatic rings. The zero-order chi connectivity index (χ0) is 20.8. The summed E-state index contributed by atoms with van der Waals surface area (Å²) in [6, 6.07) is 19.6. The van der Waals surface area contributed by atoms with Crippen LogP contribution in [0.2, 0.25) is 0 Å². The number of aromatic amines is 1. The van der Waals surface area contributed by atoms with Crippen molar-refractivity contribution in [1.82, 2.24) is 14.9 Å². The molecule has 6 rings (SSSR count). The van der Waals surface area contributed by atoms with Gasteiger partial charge in [0, 0.05) is 29.3 Å². The Morgan fingerprint density at radius 1 is 1.06 bits per heavy atom. The number of carbonyl (C=O) groups excluding carboxylic acids is 1. The number of hydrogen-bond acceptors (Lipinski definition) is 4. The van der Waals surface area contributed by atoms with E-state index in [1.54, 1.807) is 6.20 Å². The fraction of sp³-hybridized carbons (Fsp3) is 0.200. The lowest BCUT2D eigenvalue weighted by atomic mass is 9.94. The third-order valence-corrected chi connectivity index (χ3v) is 6.12. The van der Waals surface area contributed by atoms with Crippen molar-refractivity contribution < 1.29 is 14.3 Å². The summed E-state index contributed by atoms with van der Waals surface area (Å²) in [6.45, 7) is 0.878. The molecule has 1 amide bonds. The molecule has 0 saturated heterocycles. The van der Waals surface area contributed by atoms with Crippen LogP contribution in [0.3, 0.4) is 0 Å². The molecule has 6 nitrogen and oxygen atoms in total. The number of hydrogen-bond donors (Lipinski definition) is 1. The molecular weight excluding hydrogens is 390 g/mol. The number of nitrogens with one attached hydrogen (secondary N) is 1. The van der Waals surface area contributed by atoms with Crippen molar-refractivity contribution in [2.45, 2.75) is 18.9 Å². The van der Waals surface area contributed by atoms with Crippen LogP contribution in [0.25, 0.3) is 10.9 Å². The van der Waals surface area contributed by atoms with Gasteiger partial charge in [-0.3, -0.25) is 9.78 Å². The molecule has 1 atom stereocenters. The first kappa shape index (κ1) is 18.0. The van der Waals surface area contributed by atoms with Gasteiger partial charge in [-0.15, -0.1) is 0 Å². The smallest absolute Gasteiger partial charge is 0.231 e. The first-order valence-corrected chi connectivity index (χ1v) is 10.5. The van der Waals surface area contributed by atoms with Gasteiger partial charge in [-0.25, -0.2) is 0 Å². The van der Waals surface area contributed by atoms with Gasteiger partial charge in [0.1, 0.15) is 6.04 Å². The molecule has 2 aromatic carbocycles. The molecule has 1 unspecified atom stereocenters. The highest BCUT2D eigenvalue weighted by Gasteiger charge is 2.35. The normalized spacial score (nSPS) is 17.0. The Bertz CT molecular complexity index is 1280. The van der Waals surface area contributed by atoms with E-state index in [2.05, 4.69) is 28.2 Å². The lowest BCUT2D eigenvalue weighted by Crippen LogP contribution is -2.41. The lowest BCUT2D eigenvalue weighted by molar-refractivity contribution is -0.132. The lowest BCUT2D eigenvalue weighted by Gasteiger charge is -2.35. The number of amides is 1. The Hall–Kier alpha value is -3.80. The Morgan fingerprint density at radius 2 is 1.94 bits per heavy atom. The summed E-state index contributed by atoms with van der Waals surface area (Å²) in [6.07, 6.45) is 2.90. The molecule has 0 radical (unpaired) electrons. The zero-order valence-electron chi connectivity index (χ0n) is 16.9. The summed E-state index contributed by atoms with van der Waals surface area (Å²) in [5.74, 6) is 1.49. The fourth-order valence-electron chi connectivity index (χ4n) is 4.68. The molecule has 31 heavy (non-hydrogen) atoms. The predicted molar refractivity (Wildman–Crippen MR) is 116 cm³/mol. The third kappa shape index (κ3) is 3.03. The average Bonchev–Trinajstić information content (AvgIpc) is 3.43. The highest BCUT2D eigenvalue weighted by molar-refractivity contribution is 5.87. The summed E-state index contributed by atoms with van der Waals surface area (Å²) < 4.78 is 10.9. The van der Waals surface area contributed by atoms with Crippen LogP contribution in [0.4, 0.5) is 0 Å². The average molecular weight is 411 g/mol. The zero-order valence-corrected chi connectivity index (χ0v) is 16.9. The van der Waals surface area contributed by atoms with E-state index in [1.807, 2.05) is 47.4 Å². The highest BCUT2D eigenvalue weighted by atomic mass is 16.7. The van der Waals surface area contributed by atoms with E-state index in [-0.39, 0.29) is 18.7 Å². The van der Waals surface area contributed by atoms with Crippen LogP contribution in [-0.2, 0) is 17.6 Å². The van der Waals surface area contributed by atoms with Gasteiger partial charge >= 0.3 is 0 Å². The maximum Gasteiger partial charge on any atom is 0.231 e. The second kappa shape index (κ2) is 7.16. The van der Waals surface area contributed by atoms with Gasteiger partial charge in [0.05, 0.1) is 12.1 Å². The monoisotopic (exact) mass is 411 g/mol. The molecule has 2 aromatic heterocycles. The maximum atomic E-state index is 13.5. The molecule has 0 fully saturated rings. The van der Waals surface area contributed by atoms with E-state index in [0.29, 0.717) is 18.7 Å². The minimum Gasteiger partial charge on any atom is -0.454 e. The van der Waals surface area contributed by atoms with Crippen molar-refractivity contribution in [2.24, 2.45) is 0 Å². The van der Waals surface area contributed by atoms with E-state index < -0.39 is 0 Å². The van der Waals surface area contributed by atoms with Crippen molar-refractivity contribution in [2.75, 3.05) is 13.3 Å². The van der Waals surface area contributed by atoms with Crippen molar-refractivity contribution in [3.63, 3.8) is 0 Å². The van der Waals surface area contributed by atoms with E-state index in [0.717, 1.165) is 34.6 Å². The molecule has 4 heterocycles. The van der Waals surface area contributed by atoms with Gasteiger partial charge in [0.15, 0.2) is 11.5 Å². The SMILES string of the molecule is O=C(Cc1ccc2c(c1)OCO2)N1CCc2c([nH]c3ccccc23)C1c1ccccn1. The molecule has 0 spiro atoms. The number of rotatable bonds is 3. The molecular formula is C25H21N3O3. The van der Waals surface area contributed by atoms with Crippen LogP contribution in [0, 0.1) is 0 Å². The minimum atomic E-state index is -0.237. The standard InChI is InChI=1S/C25H21N3O3/c29-23(14-16-8-9-21-22(13-16)31-15-30-21)28-12-10-18-17-5-1-2-6-19(17)27-24(18)25(28)20-7-3-4-11-26-20/h1-9,11,13,25,27H,10,12,14-15H2. The molecule has 4 aromatic rings. The van der Waals surface area contributed by atoms with Crippen LogP contribution in [-0.4, -0.2) is 34.1 Å². The number of ether oxygens (including phenoxy) is 2. The highest BCUT2D eigenvalue weighted by Crippen LogP contribution is 2.38. The maximum absolute atomic E-state index is 13.5. The van der Waals surface area contributed by atoms with Gasteiger partial charge in [0.25, 0.3) is 0 Å². The largest absolute Gasteiger partial charge is 0.454 e. The number of H-pyrrole nitrogens is 1. The predicted octanol–water partition coefficient (Wildman–Crippen LogP) is 4.01. The molecule has 0 saturated carbocycles. The Morgan fingerprint density at radius 3 is 2.84 bits per heavy atom. The second-order valence-corrected chi connectivity index (χ2v) is 7.92. The number of pyridine rings is 1. The van der Waals surface area contributed by atoms with Crippen molar-refractivity contribution in [3.8, 4) is 11.5 Å². The number of para-hydroxylation sites is 1. The molecule has 2 aliphatic heterocycles. The minimum absolute atomic E-state index is 0.0684. The summed E-state index contributed by atoms with van der Waals surface area (Å²) in [5.41, 5.74) is 5.22. The van der Waals surface area contributed by atoms with Crippen LogP contribution in [0.15, 0.2) is 66.9 Å². The second-order valence-electron chi connectivity index (χ2n) is 7.92. The topological polar surface area (TPSA) is 67.5 Å². The van der Waals surface area contributed by atoms with E-state index >= 15 is 0 Å². The van der Waals surface area contributed by atoms with Crippen LogP contribution in [0.1, 0.15) is 28.6 Å². The summed E-state index contributed by atoms with van der Waals surface area (Å²) in [4.78, 5) is 23.6. The molecule has 1 N–H and O–H groups in total. The first-order valence-electron chi connectivity index (χ1n) is 10.5. The van der Waals surface area contributed by atoms with E-state index in [1.165, 1.54) is 10.9 Å². The van der Waals surface area contributed by atoms with E-state index in [4.69, 9.17) is 9.47 Å². The summed E-state index contributed by atoms with van der Waals surface area (Å²) in [7, 11) is 0. The summed E-state index contributed by atoms with van der Waals surface area (Å²) >= 11 is 0. The number of aromatic nitrogens is 2. The van der Waals surface area contributed by atoms with Crippen molar-refractivity contribution in [1.29, 1.82) is 0 Å². The van der Waals surface area contributed by atoms with Crippen molar-refractivity contribution >= 4 is 16.8 Å². The van der Waals surface area contributed by atoms with Gasteiger partial charge < -0.3 is 19.4 Å².